The summed E-state index contributed by atoms with van der Waals surface area (Å²) < 4.78 is 0. The summed E-state index contributed by atoms with van der Waals surface area (Å²) in [6.07, 6.45) is 4.80. The molecule has 1 heterocycles. The summed E-state index contributed by atoms with van der Waals surface area (Å²) in [5, 5.41) is 3.74. The number of rotatable bonds is 5. The van der Waals surface area contributed by atoms with Crippen LogP contribution in [-0.4, -0.2) is 22.8 Å². The molecule has 0 saturated carbocycles. The Bertz CT molecular complexity index is 352. The van der Waals surface area contributed by atoms with Gasteiger partial charge in [-0.2, -0.15) is 0 Å². The van der Waals surface area contributed by atoms with E-state index in [2.05, 4.69) is 29.0 Å². The van der Waals surface area contributed by atoms with Crippen LogP contribution >= 0.6 is 0 Å². The smallest absolute Gasteiger partial charge is 0.130 e. The van der Waals surface area contributed by atoms with E-state index in [0.29, 0.717) is 18.3 Å². The average molecular weight is 222 g/mol. The summed E-state index contributed by atoms with van der Waals surface area (Å²) in [5.41, 5.74) is 6.74. The van der Waals surface area contributed by atoms with Gasteiger partial charge < -0.3 is 10.6 Å². The van der Waals surface area contributed by atoms with E-state index in [1.54, 1.807) is 12.4 Å². The van der Waals surface area contributed by atoms with Gasteiger partial charge in [0.25, 0.3) is 0 Å². The summed E-state index contributed by atoms with van der Waals surface area (Å²) in [4.78, 5) is 13.1. The van der Waals surface area contributed by atoms with Crippen LogP contribution in [0.25, 0.3) is 0 Å². The lowest BCUT2D eigenvalue weighted by atomic mass is 9.90. The van der Waals surface area contributed by atoms with Crippen LogP contribution in [0.3, 0.4) is 0 Å². The Morgan fingerprint density at radius 3 is 2.88 bits per heavy atom. The van der Waals surface area contributed by atoms with Gasteiger partial charge in [0.15, 0.2) is 0 Å². The second kappa shape index (κ2) is 6.05. The molecule has 1 aromatic rings. The zero-order valence-electron chi connectivity index (χ0n) is 9.92. The van der Waals surface area contributed by atoms with Crippen LogP contribution in [0.2, 0.25) is 0 Å². The van der Waals surface area contributed by atoms with Gasteiger partial charge in [-0.1, -0.05) is 19.0 Å². The van der Waals surface area contributed by atoms with Crippen LogP contribution in [0.4, 0.5) is 5.82 Å². The maximum atomic E-state index is 5.82. The van der Waals surface area contributed by atoms with E-state index < -0.39 is 0 Å². The van der Waals surface area contributed by atoms with Crippen LogP contribution in [-0.2, 0) is 4.84 Å². The fraction of sp³-hybridized carbons (Fsp3) is 0.545. The van der Waals surface area contributed by atoms with Crippen molar-refractivity contribution in [3.8, 4) is 0 Å². The molecule has 0 radical (unpaired) electrons. The average Bonchev–Trinajstić information content (AvgIpc) is 2.25. The molecule has 0 aromatic carbocycles. The first kappa shape index (κ1) is 12.4. The van der Waals surface area contributed by atoms with Crippen molar-refractivity contribution in [1.29, 1.82) is 0 Å². The third-order valence-electron chi connectivity index (χ3n) is 2.41. The number of nitrogens with zero attached hydrogens (tertiary/aromatic N) is 3. The zero-order valence-corrected chi connectivity index (χ0v) is 9.92. The molecular weight excluding hydrogens is 204 g/mol. The minimum atomic E-state index is 0.157. The molecule has 0 saturated heterocycles. The lowest BCUT2D eigenvalue weighted by Gasteiger charge is -2.20. The lowest BCUT2D eigenvalue weighted by Crippen LogP contribution is -2.15. The first-order valence-corrected chi connectivity index (χ1v) is 5.32. The number of oxime groups is 1. The molecular formula is C11H18N4O. The van der Waals surface area contributed by atoms with Crippen LogP contribution in [0.1, 0.15) is 32.3 Å². The van der Waals surface area contributed by atoms with E-state index in [1.807, 2.05) is 6.92 Å². The highest BCUT2D eigenvalue weighted by Gasteiger charge is 2.20. The molecule has 0 fully saturated rings. The molecule has 1 unspecified atom stereocenters. The Labute approximate surface area is 95.7 Å². The molecule has 5 heteroatoms. The normalized spacial score (nSPS) is 13.2. The summed E-state index contributed by atoms with van der Waals surface area (Å²) in [7, 11) is 0. The second-order valence-corrected chi connectivity index (χ2v) is 3.87. The minimum Gasteiger partial charge on any atom is -0.395 e. The molecule has 16 heavy (non-hydrogen) atoms. The van der Waals surface area contributed by atoms with Crippen molar-refractivity contribution in [2.45, 2.75) is 26.7 Å². The lowest BCUT2D eigenvalue weighted by molar-refractivity contribution is 0.117. The topological polar surface area (TPSA) is 73.4 Å². The first-order valence-electron chi connectivity index (χ1n) is 5.32. The van der Waals surface area contributed by atoms with Gasteiger partial charge in [-0.25, -0.2) is 9.97 Å². The standard InChI is InChI=1S/C11H18N4O/c1-4-15-16-6-10(8(2)3)9-5-13-7-14-11(9)12/h4-5,7-8,10H,6H2,1-3H3,(H2,12,13,14)/b15-4+. The molecule has 5 nitrogen and oxygen atoms in total. The third-order valence-corrected chi connectivity index (χ3v) is 2.41. The van der Waals surface area contributed by atoms with E-state index in [-0.39, 0.29) is 5.92 Å². The highest BCUT2D eigenvalue weighted by molar-refractivity contribution is 5.52. The van der Waals surface area contributed by atoms with Crippen molar-refractivity contribution in [1.82, 2.24) is 9.97 Å². The molecule has 2 N–H and O–H groups in total. The Kier molecular flexibility index (Phi) is 4.69. The Morgan fingerprint density at radius 1 is 1.56 bits per heavy atom. The van der Waals surface area contributed by atoms with Gasteiger partial charge in [0.1, 0.15) is 18.8 Å². The fourth-order valence-electron chi connectivity index (χ4n) is 1.47. The molecule has 1 rings (SSSR count). The van der Waals surface area contributed by atoms with E-state index in [0.717, 1.165) is 5.56 Å². The Balaban J connectivity index is 2.81. The maximum Gasteiger partial charge on any atom is 0.130 e. The van der Waals surface area contributed by atoms with Crippen molar-refractivity contribution in [2.75, 3.05) is 12.3 Å². The van der Waals surface area contributed by atoms with E-state index in [9.17, 15) is 0 Å². The molecule has 0 amide bonds. The predicted octanol–water partition coefficient (Wildman–Crippen LogP) is 1.82. The fourth-order valence-corrected chi connectivity index (χ4v) is 1.47. The van der Waals surface area contributed by atoms with E-state index >= 15 is 0 Å². The summed E-state index contributed by atoms with van der Waals surface area (Å²) in [5.74, 6) is 1.06. The minimum absolute atomic E-state index is 0.157. The van der Waals surface area contributed by atoms with E-state index in [1.165, 1.54) is 6.33 Å². The number of anilines is 1. The molecule has 0 aliphatic rings. The zero-order chi connectivity index (χ0) is 12.0. The molecule has 0 bridgehead atoms. The van der Waals surface area contributed by atoms with Gasteiger partial charge in [-0.3, -0.25) is 0 Å². The van der Waals surface area contributed by atoms with Gasteiger partial charge in [-0.15, -0.1) is 0 Å². The number of hydrogen-bond acceptors (Lipinski definition) is 5. The van der Waals surface area contributed by atoms with Gasteiger partial charge in [-0.05, 0) is 12.8 Å². The van der Waals surface area contributed by atoms with E-state index in [4.69, 9.17) is 10.6 Å². The van der Waals surface area contributed by atoms with Gasteiger partial charge in [0.2, 0.25) is 0 Å². The predicted molar refractivity (Wildman–Crippen MR) is 64.1 cm³/mol. The van der Waals surface area contributed by atoms with Crippen molar-refractivity contribution in [3.05, 3.63) is 18.1 Å². The van der Waals surface area contributed by atoms with Crippen LogP contribution in [0.15, 0.2) is 17.7 Å². The van der Waals surface area contributed by atoms with Crippen molar-refractivity contribution in [2.24, 2.45) is 11.1 Å². The number of hydrogen-bond donors (Lipinski definition) is 1. The maximum absolute atomic E-state index is 5.82. The first-order chi connectivity index (χ1) is 7.66. The van der Waals surface area contributed by atoms with Crippen LogP contribution in [0.5, 0.6) is 0 Å². The third kappa shape index (κ3) is 3.18. The molecule has 1 aromatic heterocycles. The van der Waals surface area contributed by atoms with Gasteiger partial charge in [0, 0.05) is 23.9 Å². The Morgan fingerprint density at radius 2 is 2.31 bits per heavy atom. The number of nitrogen functional groups attached to an aromatic ring is 1. The molecule has 0 aliphatic heterocycles. The number of nitrogens with two attached hydrogens (primary N) is 1. The molecule has 1 atom stereocenters. The van der Waals surface area contributed by atoms with Crippen LogP contribution in [0, 0.1) is 5.92 Å². The van der Waals surface area contributed by atoms with Crippen molar-refractivity contribution >= 4 is 12.0 Å². The Hall–Kier alpha value is -1.65. The quantitative estimate of drug-likeness (QED) is 0.609. The SMILES string of the molecule is C/C=N/OCC(c1cncnc1N)C(C)C. The summed E-state index contributed by atoms with van der Waals surface area (Å²) in [6.45, 7) is 6.51. The second-order valence-electron chi connectivity index (χ2n) is 3.87. The van der Waals surface area contributed by atoms with Gasteiger partial charge in [0.05, 0.1) is 0 Å². The van der Waals surface area contributed by atoms with Crippen molar-refractivity contribution in [3.63, 3.8) is 0 Å². The van der Waals surface area contributed by atoms with Crippen molar-refractivity contribution < 1.29 is 4.84 Å². The van der Waals surface area contributed by atoms with Crippen LogP contribution < -0.4 is 5.73 Å². The number of aromatic nitrogens is 2. The summed E-state index contributed by atoms with van der Waals surface area (Å²) in [6, 6.07) is 0. The van der Waals surface area contributed by atoms with Gasteiger partial charge >= 0.3 is 0 Å². The largest absolute Gasteiger partial charge is 0.395 e. The molecule has 0 spiro atoms. The molecule has 0 aliphatic carbocycles. The highest BCUT2D eigenvalue weighted by Crippen LogP contribution is 2.27. The monoisotopic (exact) mass is 222 g/mol. The highest BCUT2D eigenvalue weighted by atomic mass is 16.6. The summed E-state index contributed by atoms with van der Waals surface area (Å²) >= 11 is 0. The molecule has 88 valence electrons.